The predicted octanol–water partition coefficient (Wildman–Crippen LogP) is 0.884. The van der Waals surface area contributed by atoms with E-state index >= 15 is 0 Å². The van der Waals surface area contributed by atoms with Crippen LogP contribution < -0.4 is 5.73 Å². The summed E-state index contributed by atoms with van der Waals surface area (Å²) in [6.07, 6.45) is 0. The van der Waals surface area contributed by atoms with Crippen molar-refractivity contribution in [2.75, 3.05) is 39.3 Å². The van der Waals surface area contributed by atoms with E-state index in [1.54, 1.807) is 0 Å². The molecule has 2 heterocycles. The highest BCUT2D eigenvalue weighted by molar-refractivity contribution is 5.98. The largest absolute Gasteiger partial charge is 0.351 e. The highest BCUT2D eigenvalue weighted by atomic mass is 16.2. The molecule has 20 heavy (non-hydrogen) atoms. The summed E-state index contributed by atoms with van der Waals surface area (Å²) >= 11 is 0. The van der Waals surface area contributed by atoms with E-state index in [0.29, 0.717) is 12.2 Å². The molecule has 0 radical (unpaired) electrons. The maximum absolute atomic E-state index is 12.5. The molecular weight excluding hydrogens is 252 g/mol. The number of aromatic amines is 1. The van der Waals surface area contributed by atoms with Crippen molar-refractivity contribution in [2.24, 2.45) is 5.73 Å². The lowest BCUT2D eigenvalue weighted by molar-refractivity contribution is 0.0636. The summed E-state index contributed by atoms with van der Waals surface area (Å²) in [6.45, 7) is 4.94. The second kappa shape index (κ2) is 5.64. The lowest BCUT2D eigenvalue weighted by Gasteiger charge is -2.34. The molecular formula is C15H20N4O. The molecule has 1 aliphatic heterocycles. The van der Waals surface area contributed by atoms with E-state index in [1.165, 1.54) is 0 Å². The fourth-order valence-corrected chi connectivity index (χ4v) is 2.72. The number of nitrogens with one attached hydrogen (secondary N) is 1. The van der Waals surface area contributed by atoms with Gasteiger partial charge in [-0.15, -0.1) is 0 Å². The topological polar surface area (TPSA) is 65.4 Å². The van der Waals surface area contributed by atoms with Crippen molar-refractivity contribution in [3.63, 3.8) is 0 Å². The molecule has 1 amide bonds. The predicted molar refractivity (Wildman–Crippen MR) is 79.7 cm³/mol. The van der Waals surface area contributed by atoms with Crippen LogP contribution in [0.25, 0.3) is 10.9 Å². The van der Waals surface area contributed by atoms with Crippen LogP contribution in [0.1, 0.15) is 10.5 Å². The number of H-pyrrole nitrogens is 1. The van der Waals surface area contributed by atoms with Crippen LogP contribution in [0.2, 0.25) is 0 Å². The SMILES string of the molecule is NCCN1CCN(C(=O)c2cc3ccccc3[nH]2)CC1. The Morgan fingerprint density at radius 2 is 1.95 bits per heavy atom. The first-order chi connectivity index (χ1) is 9.78. The summed E-state index contributed by atoms with van der Waals surface area (Å²) in [7, 11) is 0. The molecule has 1 aliphatic rings. The minimum Gasteiger partial charge on any atom is -0.351 e. The van der Waals surface area contributed by atoms with Gasteiger partial charge < -0.3 is 15.6 Å². The molecule has 0 aliphatic carbocycles. The number of hydrogen-bond acceptors (Lipinski definition) is 3. The van der Waals surface area contributed by atoms with Crippen molar-refractivity contribution >= 4 is 16.8 Å². The minimum atomic E-state index is 0.0913. The first-order valence-corrected chi connectivity index (χ1v) is 7.07. The van der Waals surface area contributed by atoms with Gasteiger partial charge >= 0.3 is 0 Å². The van der Waals surface area contributed by atoms with Crippen LogP contribution in [0.3, 0.4) is 0 Å². The third-order valence-corrected chi connectivity index (χ3v) is 3.87. The molecule has 0 bridgehead atoms. The van der Waals surface area contributed by atoms with Gasteiger partial charge in [-0.3, -0.25) is 9.69 Å². The number of piperazine rings is 1. The Morgan fingerprint density at radius 1 is 1.20 bits per heavy atom. The fraction of sp³-hybridized carbons (Fsp3) is 0.400. The number of aromatic nitrogens is 1. The standard InChI is InChI=1S/C15H20N4O/c16-5-6-18-7-9-19(10-8-18)15(20)14-11-12-3-1-2-4-13(12)17-14/h1-4,11,17H,5-10,16H2. The van der Waals surface area contributed by atoms with E-state index in [9.17, 15) is 4.79 Å². The number of hydrogen-bond donors (Lipinski definition) is 2. The van der Waals surface area contributed by atoms with Gasteiger partial charge in [-0.1, -0.05) is 18.2 Å². The van der Waals surface area contributed by atoms with E-state index < -0.39 is 0 Å². The lowest BCUT2D eigenvalue weighted by Crippen LogP contribution is -2.49. The quantitative estimate of drug-likeness (QED) is 0.872. The van der Waals surface area contributed by atoms with Crippen LogP contribution >= 0.6 is 0 Å². The van der Waals surface area contributed by atoms with Gasteiger partial charge in [-0.05, 0) is 12.1 Å². The maximum Gasteiger partial charge on any atom is 0.270 e. The van der Waals surface area contributed by atoms with Gasteiger partial charge in [-0.2, -0.15) is 0 Å². The van der Waals surface area contributed by atoms with Crippen molar-refractivity contribution in [1.82, 2.24) is 14.8 Å². The van der Waals surface area contributed by atoms with E-state index in [4.69, 9.17) is 5.73 Å². The summed E-state index contributed by atoms with van der Waals surface area (Å²) in [5, 5.41) is 1.08. The van der Waals surface area contributed by atoms with Crippen LogP contribution in [0.5, 0.6) is 0 Å². The van der Waals surface area contributed by atoms with Crippen LogP contribution in [0, 0.1) is 0 Å². The Hall–Kier alpha value is -1.85. The second-order valence-electron chi connectivity index (χ2n) is 5.19. The molecule has 3 N–H and O–H groups in total. The second-order valence-corrected chi connectivity index (χ2v) is 5.19. The van der Waals surface area contributed by atoms with Gasteiger partial charge in [0.15, 0.2) is 0 Å². The van der Waals surface area contributed by atoms with Gasteiger partial charge in [0.05, 0.1) is 0 Å². The van der Waals surface area contributed by atoms with E-state index in [2.05, 4.69) is 9.88 Å². The summed E-state index contributed by atoms with van der Waals surface area (Å²) in [4.78, 5) is 19.9. The molecule has 0 atom stereocenters. The van der Waals surface area contributed by atoms with E-state index in [-0.39, 0.29) is 5.91 Å². The van der Waals surface area contributed by atoms with Crippen molar-refractivity contribution in [3.05, 3.63) is 36.0 Å². The van der Waals surface area contributed by atoms with Gasteiger partial charge in [-0.25, -0.2) is 0 Å². The monoisotopic (exact) mass is 272 g/mol. The molecule has 1 aromatic carbocycles. The van der Waals surface area contributed by atoms with Crippen molar-refractivity contribution in [1.29, 1.82) is 0 Å². The Bertz CT molecular complexity index is 566. The minimum absolute atomic E-state index is 0.0913. The molecule has 0 spiro atoms. The molecule has 1 aromatic heterocycles. The Kier molecular flexibility index (Phi) is 3.71. The van der Waals surface area contributed by atoms with Crippen LogP contribution in [0.4, 0.5) is 0 Å². The van der Waals surface area contributed by atoms with Gasteiger partial charge in [0.2, 0.25) is 0 Å². The maximum atomic E-state index is 12.5. The molecule has 5 heteroatoms. The zero-order chi connectivity index (χ0) is 13.9. The summed E-state index contributed by atoms with van der Waals surface area (Å²) in [5.41, 5.74) is 7.25. The summed E-state index contributed by atoms with van der Waals surface area (Å²) < 4.78 is 0. The molecule has 0 unspecified atom stereocenters. The lowest BCUT2D eigenvalue weighted by atomic mass is 10.2. The van der Waals surface area contributed by atoms with E-state index in [0.717, 1.165) is 43.6 Å². The smallest absolute Gasteiger partial charge is 0.270 e. The molecule has 106 valence electrons. The number of para-hydroxylation sites is 1. The molecule has 2 aromatic rings. The molecule has 5 nitrogen and oxygen atoms in total. The summed E-state index contributed by atoms with van der Waals surface area (Å²) in [6, 6.07) is 9.89. The number of rotatable bonds is 3. The summed E-state index contributed by atoms with van der Waals surface area (Å²) in [5.74, 6) is 0.0913. The molecule has 3 rings (SSSR count). The highest BCUT2D eigenvalue weighted by Crippen LogP contribution is 2.16. The highest BCUT2D eigenvalue weighted by Gasteiger charge is 2.22. The first-order valence-electron chi connectivity index (χ1n) is 7.07. The Morgan fingerprint density at radius 3 is 2.65 bits per heavy atom. The Labute approximate surface area is 118 Å². The number of carbonyl (C=O) groups is 1. The Balaban J connectivity index is 1.70. The van der Waals surface area contributed by atoms with Crippen LogP contribution in [0.15, 0.2) is 30.3 Å². The van der Waals surface area contributed by atoms with Gasteiger partial charge in [0.25, 0.3) is 5.91 Å². The number of fused-ring (bicyclic) bond motifs is 1. The number of carbonyl (C=O) groups excluding carboxylic acids is 1. The zero-order valence-corrected chi connectivity index (χ0v) is 11.5. The van der Waals surface area contributed by atoms with Crippen LogP contribution in [-0.2, 0) is 0 Å². The van der Waals surface area contributed by atoms with Crippen molar-refractivity contribution in [2.45, 2.75) is 0 Å². The number of nitrogens with two attached hydrogens (primary N) is 1. The van der Waals surface area contributed by atoms with Crippen molar-refractivity contribution < 1.29 is 4.79 Å². The van der Waals surface area contributed by atoms with Gasteiger partial charge in [0.1, 0.15) is 5.69 Å². The number of benzene rings is 1. The zero-order valence-electron chi connectivity index (χ0n) is 11.5. The van der Waals surface area contributed by atoms with Crippen LogP contribution in [-0.4, -0.2) is 60.0 Å². The third kappa shape index (κ3) is 2.55. The molecule has 1 saturated heterocycles. The fourth-order valence-electron chi connectivity index (χ4n) is 2.72. The molecule has 1 fully saturated rings. The normalized spacial score (nSPS) is 16.8. The first kappa shape index (κ1) is 13.1. The average Bonchev–Trinajstić information content (AvgIpc) is 2.91. The van der Waals surface area contributed by atoms with Gasteiger partial charge in [0, 0.05) is 50.2 Å². The van der Waals surface area contributed by atoms with E-state index in [1.807, 2.05) is 35.2 Å². The number of nitrogens with zero attached hydrogens (tertiary/aromatic N) is 2. The number of amides is 1. The van der Waals surface area contributed by atoms with Crippen molar-refractivity contribution in [3.8, 4) is 0 Å². The molecule has 0 saturated carbocycles. The third-order valence-electron chi connectivity index (χ3n) is 3.87. The average molecular weight is 272 g/mol.